The van der Waals surface area contributed by atoms with Crippen molar-refractivity contribution < 1.29 is 18.7 Å². The van der Waals surface area contributed by atoms with Crippen molar-refractivity contribution in [2.45, 2.75) is 24.2 Å². The summed E-state index contributed by atoms with van der Waals surface area (Å²) in [5, 5.41) is 8.85. The largest absolute Gasteiger partial charge is 0.481 e. The molecular weight excluding hydrogens is 214 g/mol. The minimum atomic E-state index is -3.10. The van der Waals surface area contributed by atoms with Crippen molar-refractivity contribution in [3.63, 3.8) is 0 Å². The van der Waals surface area contributed by atoms with E-state index >= 15 is 0 Å². The Balaban J connectivity index is 2.01. The standard InChI is InChI=1S/C12H10F2O2/c13-12(14)10(8-4-2-1-3-5-8)6-11(12,7-10)9(15)16/h1-5H,6-7H2,(H,15,16). The zero-order valence-electron chi connectivity index (χ0n) is 8.41. The fourth-order valence-electron chi connectivity index (χ4n) is 3.10. The molecule has 4 heteroatoms. The van der Waals surface area contributed by atoms with Gasteiger partial charge in [-0.2, -0.15) is 0 Å². The first-order chi connectivity index (χ1) is 7.46. The summed E-state index contributed by atoms with van der Waals surface area (Å²) in [6, 6.07) is 8.48. The molecule has 2 bridgehead atoms. The van der Waals surface area contributed by atoms with Gasteiger partial charge in [0, 0.05) is 0 Å². The number of hydrogen-bond acceptors (Lipinski definition) is 1. The molecule has 2 nitrogen and oxygen atoms in total. The molecule has 0 unspecified atom stereocenters. The minimum Gasteiger partial charge on any atom is -0.481 e. The quantitative estimate of drug-likeness (QED) is 0.837. The number of benzene rings is 1. The zero-order chi connectivity index (χ0) is 11.6. The minimum absolute atomic E-state index is 0.0619. The van der Waals surface area contributed by atoms with Crippen molar-refractivity contribution >= 4 is 5.97 Å². The van der Waals surface area contributed by atoms with Crippen molar-refractivity contribution in [3.05, 3.63) is 35.9 Å². The summed E-state index contributed by atoms with van der Waals surface area (Å²) < 4.78 is 27.7. The lowest BCUT2D eigenvalue weighted by Crippen LogP contribution is -2.83. The first-order valence-corrected chi connectivity index (χ1v) is 5.13. The van der Waals surface area contributed by atoms with Crippen LogP contribution in [0.5, 0.6) is 0 Å². The number of rotatable bonds is 2. The van der Waals surface area contributed by atoms with E-state index in [1.807, 2.05) is 0 Å². The number of halogens is 2. The molecule has 0 spiro atoms. The second-order valence-corrected chi connectivity index (χ2v) is 4.76. The number of carboxylic acids is 1. The molecule has 0 heterocycles. The van der Waals surface area contributed by atoms with Crippen LogP contribution in [0.25, 0.3) is 0 Å². The Morgan fingerprint density at radius 2 is 1.75 bits per heavy atom. The van der Waals surface area contributed by atoms with Gasteiger partial charge in [-0.15, -0.1) is 0 Å². The van der Waals surface area contributed by atoms with Crippen LogP contribution in [0.15, 0.2) is 30.3 Å². The number of alkyl halides is 2. The highest BCUT2D eigenvalue weighted by Gasteiger charge is 2.91. The molecule has 4 rings (SSSR count). The van der Waals surface area contributed by atoms with Crippen LogP contribution in [0.1, 0.15) is 18.4 Å². The Kier molecular flexibility index (Phi) is 1.49. The van der Waals surface area contributed by atoms with E-state index in [1.54, 1.807) is 30.3 Å². The van der Waals surface area contributed by atoms with Crippen molar-refractivity contribution in [1.29, 1.82) is 0 Å². The molecule has 3 aliphatic rings. The van der Waals surface area contributed by atoms with Gasteiger partial charge >= 0.3 is 5.97 Å². The van der Waals surface area contributed by atoms with Gasteiger partial charge in [-0.25, -0.2) is 8.78 Å². The SMILES string of the molecule is O=C(O)C12CC(c3ccccc3)(C1)C2(F)F. The van der Waals surface area contributed by atoms with E-state index in [1.165, 1.54) is 0 Å². The maximum absolute atomic E-state index is 13.8. The van der Waals surface area contributed by atoms with E-state index in [4.69, 9.17) is 5.11 Å². The molecule has 1 N–H and O–H groups in total. The first-order valence-electron chi connectivity index (χ1n) is 5.13. The third-order valence-electron chi connectivity index (χ3n) is 4.14. The van der Waals surface area contributed by atoms with Crippen LogP contribution in [0, 0.1) is 5.41 Å². The lowest BCUT2D eigenvalue weighted by atomic mass is 9.30. The Hall–Kier alpha value is -1.45. The van der Waals surface area contributed by atoms with Gasteiger partial charge in [0.05, 0.1) is 5.41 Å². The molecule has 3 saturated carbocycles. The van der Waals surface area contributed by atoms with Gasteiger partial charge in [0.25, 0.3) is 5.92 Å². The summed E-state index contributed by atoms with van der Waals surface area (Å²) in [4.78, 5) is 10.9. The molecule has 0 aliphatic heterocycles. The van der Waals surface area contributed by atoms with Crippen LogP contribution >= 0.6 is 0 Å². The highest BCUT2D eigenvalue weighted by Crippen LogP contribution is 2.81. The van der Waals surface area contributed by atoms with Gasteiger partial charge in [0.1, 0.15) is 5.41 Å². The summed E-state index contributed by atoms with van der Waals surface area (Å²) in [5.41, 5.74) is -2.45. The molecule has 84 valence electrons. The zero-order valence-corrected chi connectivity index (χ0v) is 8.41. The Bertz CT molecular complexity index is 461. The van der Waals surface area contributed by atoms with E-state index in [0.29, 0.717) is 5.56 Å². The van der Waals surface area contributed by atoms with Gasteiger partial charge in [-0.3, -0.25) is 4.79 Å². The Labute approximate surface area is 90.9 Å². The Morgan fingerprint density at radius 3 is 2.19 bits per heavy atom. The fraction of sp³-hybridized carbons (Fsp3) is 0.417. The summed E-state index contributed by atoms with van der Waals surface area (Å²) in [7, 11) is 0. The lowest BCUT2D eigenvalue weighted by molar-refractivity contribution is -0.357. The van der Waals surface area contributed by atoms with Crippen LogP contribution in [-0.4, -0.2) is 17.0 Å². The van der Waals surface area contributed by atoms with Crippen molar-refractivity contribution in [3.8, 4) is 0 Å². The van der Waals surface area contributed by atoms with Crippen LogP contribution < -0.4 is 0 Å². The molecule has 0 aromatic heterocycles. The normalized spacial score (nSPS) is 38.4. The van der Waals surface area contributed by atoms with Crippen molar-refractivity contribution in [2.75, 3.05) is 0 Å². The number of aliphatic carboxylic acids is 1. The van der Waals surface area contributed by atoms with Gasteiger partial charge in [0.2, 0.25) is 0 Å². The number of carboxylic acid groups (broad SMARTS) is 1. The fourth-order valence-corrected chi connectivity index (χ4v) is 3.10. The molecule has 0 amide bonds. The molecule has 0 saturated heterocycles. The van der Waals surface area contributed by atoms with E-state index in [-0.39, 0.29) is 12.8 Å². The lowest BCUT2D eigenvalue weighted by Gasteiger charge is -2.73. The smallest absolute Gasteiger partial charge is 0.315 e. The molecule has 1 aromatic carbocycles. The second-order valence-electron chi connectivity index (χ2n) is 4.76. The second kappa shape index (κ2) is 2.44. The first kappa shape index (κ1) is 9.75. The van der Waals surface area contributed by atoms with E-state index in [0.717, 1.165) is 0 Å². The highest BCUT2D eigenvalue weighted by molar-refractivity contribution is 5.83. The molecule has 3 aliphatic carbocycles. The summed E-state index contributed by atoms with van der Waals surface area (Å²) in [6.45, 7) is 0. The van der Waals surface area contributed by atoms with Crippen LogP contribution in [0.2, 0.25) is 0 Å². The third kappa shape index (κ3) is 0.710. The molecule has 1 aromatic rings. The maximum Gasteiger partial charge on any atom is 0.315 e. The summed E-state index contributed by atoms with van der Waals surface area (Å²) in [6.07, 6.45) is 0.124. The average Bonchev–Trinajstić information content (AvgIpc) is 2.16. The number of carbonyl (C=O) groups is 1. The van der Waals surface area contributed by atoms with E-state index < -0.39 is 22.7 Å². The molecule has 16 heavy (non-hydrogen) atoms. The predicted molar refractivity (Wildman–Crippen MR) is 52.4 cm³/mol. The molecule has 0 atom stereocenters. The van der Waals surface area contributed by atoms with Crippen molar-refractivity contribution in [2.24, 2.45) is 5.41 Å². The predicted octanol–water partition coefficient (Wildman–Crippen LogP) is 2.44. The Morgan fingerprint density at radius 1 is 1.19 bits per heavy atom. The molecular formula is C12H10F2O2. The van der Waals surface area contributed by atoms with E-state index in [2.05, 4.69) is 0 Å². The monoisotopic (exact) mass is 224 g/mol. The van der Waals surface area contributed by atoms with Gasteiger partial charge in [0.15, 0.2) is 0 Å². The van der Waals surface area contributed by atoms with E-state index in [9.17, 15) is 13.6 Å². The summed E-state index contributed by atoms with van der Waals surface area (Å²) in [5.74, 6) is -4.47. The van der Waals surface area contributed by atoms with Crippen LogP contribution in [-0.2, 0) is 10.2 Å². The maximum atomic E-state index is 13.8. The summed E-state index contributed by atoms with van der Waals surface area (Å²) >= 11 is 0. The third-order valence-corrected chi connectivity index (χ3v) is 4.14. The topological polar surface area (TPSA) is 37.3 Å². The van der Waals surface area contributed by atoms with Gasteiger partial charge < -0.3 is 5.11 Å². The highest BCUT2D eigenvalue weighted by atomic mass is 19.3. The van der Waals surface area contributed by atoms with Crippen molar-refractivity contribution in [1.82, 2.24) is 0 Å². The molecule has 3 fully saturated rings. The van der Waals surface area contributed by atoms with Crippen LogP contribution in [0.4, 0.5) is 8.78 Å². The van der Waals surface area contributed by atoms with Gasteiger partial charge in [-0.1, -0.05) is 30.3 Å². The molecule has 0 radical (unpaired) electrons. The van der Waals surface area contributed by atoms with Gasteiger partial charge in [-0.05, 0) is 18.4 Å². The van der Waals surface area contributed by atoms with Crippen LogP contribution in [0.3, 0.4) is 0 Å². The number of hydrogen-bond donors (Lipinski definition) is 1. The average molecular weight is 224 g/mol.